The number of benzene rings is 1. The Kier molecular flexibility index (Phi) is 4.16. The van der Waals surface area contributed by atoms with Crippen LogP contribution in [0, 0.1) is 11.3 Å². The second-order valence-corrected chi connectivity index (χ2v) is 6.47. The van der Waals surface area contributed by atoms with Crippen molar-refractivity contribution in [2.24, 2.45) is 0 Å². The molecule has 1 aliphatic rings. The van der Waals surface area contributed by atoms with Crippen molar-refractivity contribution in [1.82, 2.24) is 15.1 Å². The topological polar surface area (TPSA) is 86.2 Å². The van der Waals surface area contributed by atoms with Gasteiger partial charge in [0.15, 0.2) is 0 Å². The molecule has 1 atom stereocenters. The van der Waals surface area contributed by atoms with Crippen LogP contribution >= 0.6 is 0 Å². The van der Waals surface area contributed by atoms with Crippen molar-refractivity contribution in [3.05, 3.63) is 35.7 Å². The number of rotatable bonds is 4. The Morgan fingerprint density at radius 3 is 2.74 bits per heavy atom. The number of nitriles is 1. The first-order valence-corrected chi connectivity index (χ1v) is 7.77. The maximum Gasteiger partial charge on any atom is 0.247 e. The lowest BCUT2D eigenvalue weighted by molar-refractivity contribution is -0.00723. The summed E-state index contributed by atoms with van der Waals surface area (Å²) >= 11 is 0. The van der Waals surface area contributed by atoms with E-state index in [1.165, 1.54) is 0 Å². The van der Waals surface area contributed by atoms with Gasteiger partial charge >= 0.3 is 0 Å². The highest BCUT2D eigenvalue weighted by atomic mass is 16.4. The van der Waals surface area contributed by atoms with Crippen LogP contribution in [0.3, 0.4) is 0 Å². The van der Waals surface area contributed by atoms with Crippen LogP contribution in [0.25, 0.3) is 11.5 Å². The minimum absolute atomic E-state index is 0.104. The summed E-state index contributed by atoms with van der Waals surface area (Å²) in [6.07, 6.45) is 2.03. The zero-order valence-corrected chi connectivity index (χ0v) is 13.4. The van der Waals surface area contributed by atoms with E-state index < -0.39 is 5.60 Å². The van der Waals surface area contributed by atoms with Crippen molar-refractivity contribution in [3.8, 4) is 17.5 Å². The Labute approximate surface area is 135 Å². The van der Waals surface area contributed by atoms with E-state index in [4.69, 9.17) is 9.68 Å². The van der Waals surface area contributed by atoms with Crippen LogP contribution in [0.5, 0.6) is 0 Å². The molecule has 0 saturated carbocycles. The number of hydrogen-bond acceptors (Lipinski definition) is 6. The predicted octanol–water partition coefficient (Wildman–Crippen LogP) is 2.34. The van der Waals surface area contributed by atoms with Crippen molar-refractivity contribution in [1.29, 1.82) is 5.26 Å². The van der Waals surface area contributed by atoms with Gasteiger partial charge in [-0.1, -0.05) is 0 Å². The zero-order chi connectivity index (χ0) is 16.4. The van der Waals surface area contributed by atoms with Crippen LogP contribution in [-0.4, -0.2) is 38.4 Å². The molecule has 6 heteroatoms. The highest BCUT2D eigenvalue weighted by Crippen LogP contribution is 2.28. The molecule has 6 nitrogen and oxygen atoms in total. The smallest absolute Gasteiger partial charge is 0.247 e. The summed E-state index contributed by atoms with van der Waals surface area (Å²) in [6, 6.07) is 9.23. The number of hydrogen-bond donors (Lipinski definition) is 1. The van der Waals surface area contributed by atoms with Gasteiger partial charge < -0.3 is 9.52 Å². The molecular formula is C17H20N4O2. The number of nitrogens with zero attached hydrogens (tertiary/aromatic N) is 4. The second kappa shape index (κ2) is 6.11. The maximum atomic E-state index is 10.3. The summed E-state index contributed by atoms with van der Waals surface area (Å²) in [4.78, 5) is 2.19. The van der Waals surface area contributed by atoms with E-state index >= 15 is 0 Å². The molecule has 3 rings (SSSR count). The van der Waals surface area contributed by atoms with Gasteiger partial charge in [-0.25, -0.2) is 0 Å². The van der Waals surface area contributed by atoms with Gasteiger partial charge in [0.2, 0.25) is 11.8 Å². The largest absolute Gasteiger partial charge is 0.419 e. The molecule has 2 aromatic rings. The van der Waals surface area contributed by atoms with Crippen LogP contribution < -0.4 is 0 Å². The SMILES string of the molecule is CC(C)(O)C1CCCN1Cc1nnc(-c2ccc(C#N)cc2)o1. The minimum Gasteiger partial charge on any atom is -0.419 e. The molecular weight excluding hydrogens is 292 g/mol. The first kappa shape index (κ1) is 15.7. The molecule has 1 unspecified atom stereocenters. The average Bonchev–Trinajstić information content (AvgIpc) is 3.17. The van der Waals surface area contributed by atoms with Gasteiger partial charge in [0.25, 0.3) is 0 Å². The highest BCUT2D eigenvalue weighted by molar-refractivity contribution is 5.54. The van der Waals surface area contributed by atoms with Gasteiger partial charge in [0.1, 0.15) is 0 Å². The summed E-state index contributed by atoms with van der Waals surface area (Å²) < 4.78 is 5.74. The van der Waals surface area contributed by atoms with E-state index in [2.05, 4.69) is 21.2 Å². The minimum atomic E-state index is -0.744. The summed E-state index contributed by atoms with van der Waals surface area (Å²) in [6.45, 7) is 5.14. The fourth-order valence-electron chi connectivity index (χ4n) is 3.11. The molecule has 0 bridgehead atoms. The first-order valence-electron chi connectivity index (χ1n) is 7.77. The van der Waals surface area contributed by atoms with Gasteiger partial charge in [0, 0.05) is 11.6 Å². The molecule has 1 fully saturated rings. The predicted molar refractivity (Wildman–Crippen MR) is 84.2 cm³/mol. The fourth-order valence-corrected chi connectivity index (χ4v) is 3.11. The van der Waals surface area contributed by atoms with E-state index in [1.807, 2.05) is 13.8 Å². The summed E-state index contributed by atoms with van der Waals surface area (Å²) in [5.74, 6) is 0.990. The Morgan fingerprint density at radius 2 is 2.09 bits per heavy atom. The highest BCUT2D eigenvalue weighted by Gasteiger charge is 2.36. The number of likely N-dealkylation sites (tertiary alicyclic amines) is 1. The van der Waals surface area contributed by atoms with Gasteiger partial charge in [0.05, 0.1) is 23.8 Å². The molecule has 0 radical (unpaired) electrons. The van der Waals surface area contributed by atoms with Crippen LogP contribution in [0.15, 0.2) is 28.7 Å². The van der Waals surface area contributed by atoms with Gasteiger partial charge in [-0.05, 0) is 57.5 Å². The van der Waals surface area contributed by atoms with Gasteiger partial charge in [-0.2, -0.15) is 5.26 Å². The van der Waals surface area contributed by atoms with Crippen molar-refractivity contribution < 1.29 is 9.52 Å². The van der Waals surface area contributed by atoms with E-state index in [9.17, 15) is 5.11 Å². The maximum absolute atomic E-state index is 10.3. The van der Waals surface area contributed by atoms with Crippen molar-refractivity contribution in [3.63, 3.8) is 0 Å². The van der Waals surface area contributed by atoms with Crippen molar-refractivity contribution in [2.75, 3.05) is 6.54 Å². The average molecular weight is 312 g/mol. The monoisotopic (exact) mass is 312 g/mol. The lowest BCUT2D eigenvalue weighted by Gasteiger charge is -2.32. The van der Waals surface area contributed by atoms with E-state index in [-0.39, 0.29) is 6.04 Å². The molecule has 1 aromatic heterocycles. The molecule has 1 N–H and O–H groups in total. The summed E-state index contributed by atoms with van der Waals surface area (Å²) in [5.41, 5.74) is 0.647. The Bertz CT molecular complexity index is 709. The molecule has 0 aliphatic carbocycles. The van der Waals surface area contributed by atoms with Gasteiger partial charge in [-0.15, -0.1) is 10.2 Å². The molecule has 1 aromatic carbocycles. The van der Waals surface area contributed by atoms with Crippen LogP contribution in [0.4, 0.5) is 0 Å². The van der Waals surface area contributed by atoms with E-state index in [0.29, 0.717) is 23.9 Å². The second-order valence-electron chi connectivity index (χ2n) is 6.47. The third kappa shape index (κ3) is 3.41. The number of aliphatic hydroxyl groups is 1. The van der Waals surface area contributed by atoms with Crippen LogP contribution in [0.1, 0.15) is 38.1 Å². The lowest BCUT2D eigenvalue weighted by Crippen LogP contribution is -2.45. The molecule has 120 valence electrons. The molecule has 1 aliphatic heterocycles. The van der Waals surface area contributed by atoms with E-state index in [1.54, 1.807) is 24.3 Å². The third-order valence-electron chi connectivity index (χ3n) is 4.25. The standard InChI is InChI=1S/C17H20N4O2/c1-17(2,22)14-4-3-9-21(14)11-15-19-20-16(23-15)13-7-5-12(10-18)6-8-13/h5-8,14,22H,3-4,9,11H2,1-2H3. The zero-order valence-electron chi connectivity index (χ0n) is 13.4. The third-order valence-corrected chi connectivity index (χ3v) is 4.25. The van der Waals surface area contributed by atoms with Crippen LogP contribution in [-0.2, 0) is 6.54 Å². The molecule has 1 saturated heterocycles. The molecule has 0 amide bonds. The normalized spacial score (nSPS) is 19.0. The summed E-state index contributed by atoms with van der Waals surface area (Å²) in [5, 5.41) is 27.3. The number of aromatic nitrogens is 2. The quantitative estimate of drug-likeness (QED) is 0.932. The van der Waals surface area contributed by atoms with E-state index in [0.717, 1.165) is 24.9 Å². The van der Waals surface area contributed by atoms with Gasteiger partial charge in [-0.3, -0.25) is 4.90 Å². The van der Waals surface area contributed by atoms with Crippen LogP contribution in [0.2, 0.25) is 0 Å². The Morgan fingerprint density at radius 1 is 1.35 bits per heavy atom. The van der Waals surface area contributed by atoms with Crippen molar-refractivity contribution in [2.45, 2.75) is 44.9 Å². The molecule has 0 spiro atoms. The molecule has 23 heavy (non-hydrogen) atoms. The fraction of sp³-hybridized carbons (Fsp3) is 0.471. The Balaban J connectivity index is 1.73. The lowest BCUT2D eigenvalue weighted by atomic mass is 9.97. The summed E-state index contributed by atoms with van der Waals surface area (Å²) in [7, 11) is 0. The van der Waals surface area contributed by atoms with Crippen molar-refractivity contribution >= 4 is 0 Å². The molecule has 2 heterocycles. The first-order chi connectivity index (χ1) is 11.0. The Hall–Kier alpha value is -2.23.